The molecule has 2 aromatic rings. The van der Waals surface area contributed by atoms with E-state index < -0.39 is 0 Å². The lowest BCUT2D eigenvalue weighted by Gasteiger charge is -2.23. The van der Waals surface area contributed by atoms with Gasteiger partial charge in [-0.2, -0.15) is 0 Å². The van der Waals surface area contributed by atoms with Crippen molar-refractivity contribution in [2.75, 3.05) is 31.2 Å². The summed E-state index contributed by atoms with van der Waals surface area (Å²) < 4.78 is 16.8. The number of ether oxygens (including phenoxy) is 3. The SMILES string of the molecule is CC(C)Cc1ccc(COc2ccc(N(CC3CO3)CC3CO3)cc2)cc1. The largest absolute Gasteiger partial charge is 0.489 e. The van der Waals surface area contributed by atoms with Gasteiger partial charge in [0.2, 0.25) is 0 Å². The summed E-state index contributed by atoms with van der Waals surface area (Å²) in [5.41, 5.74) is 3.79. The van der Waals surface area contributed by atoms with Crippen molar-refractivity contribution >= 4 is 5.69 Å². The van der Waals surface area contributed by atoms with Crippen LogP contribution in [0.5, 0.6) is 5.75 Å². The normalized spacial score (nSPS) is 20.6. The molecule has 4 nitrogen and oxygen atoms in total. The van der Waals surface area contributed by atoms with E-state index in [0.29, 0.717) is 24.7 Å². The first-order chi connectivity index (χ1) is 13.2. The lowest BCUT2D eigenvalue weighted by Crippen LogP contribution is -2.31. The Kier molecular flexibility index (Phi) is 5.65. The van der Waals surface area contributed by atoms with E-state index in [1.807, 2.05) is 0 Å². The van der Waals surface area contributed by atoms with Gasteiger partial charge in [-0.1, -0.05) is 38.1 Å². The van der Waals surface area contributed by atoms with Gasteiger partial charge in [-0.3, -0.25) is 0 Å². The van der Waals surface area contributed by atoms with Gasteiger partial charge in [-0.25, -0.2) is 0 Å². The van der Waals surface area contributed by atoms with Crippen molar-refractivity contribution < 1.29 is 14.2 Å². The van der Waals surface area contributed by atoms with E-state index in [9.17, 15) is 0 Å². The number of epoxide rings is 2. The minimum Gasteiger partial charge on any atom is -0.489 e. The molecule has 2 atom stereocenters. The molecule has 2 aromatic carbocycles. The predicted octanol–water partition coefficient (Wildman–Crippen LogP) is 4.07. The molecule has 2 aliphatic heterocycles. The highest BCUT2D eigenvalue weighted by Crippen LogP contribution is 2.25. The summed E-state index contributed by atoms with van der Waals surface area (Å²) in [7, 11) is 0. The highest BCUT2D eigenvalue weighted by Gasteiger charge is 2.30. The monoisotopic (exact) mass is 367 g/mol. The van der Waals surface area contributed by atoms with Crippen LogP contribution >= 0.6 is 0 Å². The minimum absolute atomic E-state index is 0.373. The molecule has 0 aromatic heterocycles. The third-order valence-electron chi connectivity index (χ3n) is 4.93. The maximum atomic E-state index is 5.97. The van der Waals surface area contributed by atoms with E-state index in [1.54, 1.807) is 0 Å². The van der Waals surface area contributed by atoms with E-state index in [4.69, 9.17) is 14.2 Å². The first-order valence-electron chi connectivity index (χ1n) is 9.94. The Balaban J connectivity index is 1.31. The average molecular weight is 367 g/mol. The van der Waals surface area contributed by atoms with E-state index in [-0.39, 0.29) is 0 Å². The fraction of sp³-hybridized carbons (Fsp3) is 0.478. The molecule has 0 spiro atoms. The van der Waals surface area contributed by atoms with Crippen LogP contribution in [0.25, 0.3) is 0 Å². The summed E-state index contributed by atoms with van der Waals surface area (Å²) in [6.07, 6.45) is 1.87. The van der Waals surface area contributed by atoms with Gasteiger partial charge in [0.25, 0.3) is 0 Å². The molecule has 2 aliphatic rings. The molecule has 0 bridgehead atoms. The van der Waals surface area contributed by atoms with Crippen molar-refractivity contribution in [2.45, 2.75) is 39.1 Å². The van der Waals surface area contributed by atoms with Gasteiger partial charge >= 0.3 is 0 Å². The van der Waals surface area contributed by atoms with E-state index >= 15 is 0 Å². The molecule has 0 N–H and O–H groups in total. The fourth-order valence-electron chi connectivity index (χ4n) is 3.29. The Morgan fingerprint density at radius 1 is 0.889 bits per heavy atom. The van der Waals surface area contributed by atoms with E-state index in [1.165, 1.54) is 16.8 Å². The summed E-state index contributed by atoms with van der Waals surface area (Å²) in [5.74, 6) is 1.58. The number of benzene rings is 2. The van der Waals surface area contributed by atoms with Crippen molar-refractivity contribution in [3.63, 3.8) is 0 Å². The second-order valence-electron chi connectivity index (χ2n) is 8.01. The zero-order valence-corrected chi connectivity index (χ0v) is 16.3. The first-order valence-corrected chi connectivity index (χ1v) is 9.94. The number of rotatable bonds is 10. The van der Waals surface area contributed by atoms with Gasteiger partial charge in [0.1, 0.15) is 12.4 Å². The molecule has 0 amide bonds. The summed E-state index contributed by atoms with van der Waals surface area (Å²) in [5, 5.41) is 0. The maximum Gasteiger partial charge on any atom is 0.119 e. The van der Waals surface area contributed by atoms with Crippen molar-refractivity contribution in [2.24, 2.45) is 5.92 Å². The Bertz CT molecular complexity index is 704. The zero-order chi connectivity index (χ0) is 18.6. The van der Waals surface area contributed by atoms with Crippen molar-refractivity contribution in [3.05, 3.63) is 59.7 Å². The second-order valence-corrected chi connectivity index (χ2v) is 8.01. The van der Waals surface area contributed by atoms with Crippen LogP contribution < -0.4 is 9.64 Å². The minimum atomic E-state index is 0.373. The maximum absolute atomic E-state index is 5.97. The van der Waals surface area contributed by atoms with Crippen LogP contribution in [0.4, 0.5) is 5.69 Å². The number of nitrogens with zero attached hydrogens (tertiary/aromatic N) is 1. The molecule has 4 rings (SSSR count). The number of hydrogen-bond acceptors (Lipinski definition) is 4. The van der Waals surface area contributed by atoms with Crippen LogP contribution in [-0.2, 0) is 22.5 Å². The van der Waals surface area contributed by atoms with Crippen LogP contribution in [0.15, 0.2) is 48.5 Å². The Morgan fingerprint density at radius 3 is 1.96 bits per heavy atom. The molecule has 4 heteroatoms. The van der Waals surface area contributed by atoms with Crippen molar-refractivity contribution in [1.29, 1.82) is 0 Å². The second kappa shape index (κ2) is 8.32. The molecule has 2 saturated heterocycles. The highest BCUT2D eigenvalue weighted by atomic mass is 16.6. The third-order valence-corrected chi connectivity index (χ3v) is 4.93. The Morgan fingerprint density at radius 2 is 1.44 bits per heavy atom. The number of hydrogen-bond donors (Lipinski definition) is 0. The quantitative estimate of drug-likeness (QED) is 0.593. The zero-order valence-electron chi connectivity index (χ0n) is 16.3. The summed E-state index contributed by atoms with van der Waals surface area (Å²) >= 11 is 0. The average Bonchev–Trinajstić information content (AvgIpc) is 3.57. The molecular formula is C23H29NO3. The van der Waals surface area contributed by atoms with Gasteiger partial charge in [0.15, 0.2) is 0 Å². The smallest absolute Gasteiger partial charge is 0.119 e. The van der Waals surface area contributed by atoms with Gasteiger partial charge in [0.05, 0.1) is 25.4 Å². The topological polar surface area (TPSA) is 37.5 Å². The molecule has 0 radical (unpaired) electrons. The Labute approximate surface area is 162 Å². The van der Waals surface area contributed by atoms with Gasteiger partial charge in [0, 0.05) is 18.8 Å². The molecule has 0 aliphatic carbocycles. The molecular weight excluding hydrogens is 338 g/mol. The number of anilines is 1. The molecule has 2 unspecified atom stereocenters. The van der Waals surface area contributed by atoms with Crippen molar-refractivity contribution in [3.8, 4) is 5.75 Å². The van der Waals surface area contributed by atoms with E-state index in [0.717, 1.165) is 38.5 Å². The predicted molar refractivity (Wildman–Crippen MR) is 107 cm³/mol. The van der Waals surface area contributed by atoms with Crippen LogP contribution in [0.1, 0.15) is 25.0 Å². The molecule has 0 saturated carbocycles. The molecule has 144 valence electrons. The fourth-order valence-corrected chi connectivity index (χ4v) is 3.29. The van der Waals surface area contributed by atoms with Gasteiger partial charge < -0.3 is 19.1 Å². The lowest BCUT2D eigenvalue weighted by atomic mass is 10.0. The highest BCUT2D eigenvalue weighted by molar-refractivity contribution is 5.49. The first kappa shape index (κ1) is 18.3. The van der Waals surface area contributed by atoms with Crippen molar-refractivity contribution in [1.82, 2.24) is 0 Å². The summed E-state index contributed by atoms with van der Waals surface area (Å²) in [6.45, 7) is 8.70. The van der Waals surface area contributed by atoms with Gasteiger partial charge in [-0.05, 0) is 47.7 Å². The molecule has 2 heterocycles. The van der Waals surface area contributed by atoms with Crippen LogP contribution in [0, 0.1) is 5.92 Å². The Hall–Kier alpha value is -2.04. The summed E-state index contributed by atoms with van der Waals surface area (Å²) in [6, 6.07) is 17.1. The summed E-state index contributed by atoms with van der Waals surface area (Å²) in [4.78, 5) is 2.35. The third kappa shape index (κ3) is 5.72. The van der Waals surface area contributed by atoms with Crippen LogP contribution in [0.3, 0.4) is 0 Å². The lowest BCUT2D eigenvalue weighted by molar-refractivity contribution is 0.306. The van der Waals surface area contributed by atoms with Crippen LogP contribution in [0.2, 0.25) is 0 Å². The molecule has 27 heavy (non-hydrogen) atoms. The standard InChI is InChI=1S/C23H29NO3/c1-17(2)11-18-3-5-19(6-4-18)14-25-21-9-7-20(8-10-21)24(12-22-15-26-22)13-23-16-27-23/h3-10,17,22-23H,11-16H2,1-2H3. The van der Waals surface area contributed by atoms with E-state index in [2.05, 4.69) is 67.3 Å². The van der Waals surface area contributed by atoms with Crippen LogP contribution in [-0.4, -0.2) is 38.5 Å². The van der Waals surface area contributed by atoms with Gasteiger partial charge in [-0.15, -0.1) is 0 Å². The molecule has 2 fully saturated rings.